The highest BCUT2D eigenvalue weighted by Gasteiger charge is 2.28. The van der Waals surface area contributed by atoms with Gasteiger partial charge in [0.25, 0.3) is 0 Å². The number of hydrogen-bond acceptors (Lipinski definition) is 5. The van der Waals surface area contributed by atoms with E-state index in [1.54, 1.807) is 17.0 Å². The average Bonchev–Trinajstić information content (AvgIpc) is 3.09. The summed E-state index contributed by atoms with van der Waals surface area (Å²) in [4.78, 5) is 29.3. The van der Waals surface area contributed by atoms with Gasteiger partial charge in [0, 0.05) is 25.6 Å². The molecule has 6 nitrogen and oxygen atoms in total. The Kier molecular flexibility index (Phi) is 5.11. The Bertz CT molecular complexity index is 757. The van der Waals surface area contributed by atoms with Crippen LogP contribution in [0.25, 0.3) is 11.3 Å². The first kappa shape index (κ1) is 17.1. The van der Waals surface area contributed by atoms with Gasteiger partial charge in [-0.15, -0.1) is 0 Å². The minimum absolute atomic E-state index is 0.0332. The quantitative estimate of drug-likeness (QED) is 0.796. The maximum Gasteiger partial charge on any atom is 0.311 e. The van der Waals surface area contributed by atoms with E-state index in [1.165, 1.54) is 25.3 Å². The van der Waals surface area contributed by atoms with Gasteiger partial charge in [0.2, 0.25) is 11.8 Å². The predicted octanol–water partition coefficient (Wildman–Crippen LogP) is 2.78. The van der Waals surface area contributed by atoms with Crippen molar-refractivity contribution in [3.05, 3.63) is 42.2 Å². The summed E-state index contributed by atoms with van der Waals surface area (Å²) in [6.07, 6.45) is 3.00. The maximum atomic E-state index is 12.9. The summed E-state index contributed by atoms with van der Waals surface area (Å²) < 4.78 is 23.7. The van der Waals surface area contributed by atoms with Crippen LogP contribution in [0, 0.1) is 11.7 Å². The summed E-state index contributed by atoms with van der Waals surface area (Å²) in [6, 6.07) is 5.84. The average molecular weight is 346 g/mol. The molecule has 1 fully saturated rings. The smallest absolute Gasteiger partial charge is 0.311 e. The van der Waals surface area contributed by atoms with Crippen LogP contribution >= 0.6 is 0 Å². The molecule has 25 heavy (non-hydrogen) atoms. The monoisotopic (exact) mass is 346 g/mol. The van der Waals surface area contributed by atoms with Crippen LogP contribution in [0.4, 0.5) is 4.39 Å². The van der Waals surface area contributed by atoms with Crippen molar-refractivity contribution in [3.8, 4) is 11.3 Å². The summed E-state index contributed by atoms with van der Waals surface area (Å²) in [6.45, 7) is 2.49. The molecular weight excluding hydrogens is 327 g/mol. The van der Waals surface area contributed by atoms with E-state index in [0.29, 0.717) is 30.8 Å². The normalized spacial score (nSPS) is 17.4. The molecule has 7 heteroatoms. The van der Waals surface area contributed by atoms with E-state index < -0.39 is 0 Å². The van der Waals surface area contributed by atoms with E-state index in [-0.39, 0.29) is 36.1 Å². The Balaban J connectivity index is 1.56. The van der Waals surface area contributed by atoms with Gasteiger partial charge in [-0.2, -0.15) is 0 Å². The van der Waals surface area contributed by atoms with Crippen molar-refractivity contribution < 1.29 is 23.1 Å². The molecule has 0 spiro atoms. The molecule has 1 amide bonds. The van der Waals surface area contributed by atoms with Crippen LogP contribution in [0.1, 0.15) is 25.7 Å². The van der Waals surface area contributed by atoms with Crippen molar-refractivity contribution in [2.24, 2.45) is 5.92 Å². The molecule has 1 unspecified atom stereocenters. The molecule has 0 bridgehead atoms. The van der Waals surface area contributed by atoms with Crippen molar-refractivity contribution in [1.82, 2.24) is 9.88 Å². The lowest BCUT2D eigenvalue weighted by Crippen LogP contribution is -2.41. The summed E-state index contributed by atoms with van der Waals surface area (Å²) >= 11 is 0. The molecule has 0 N–H and O–H groups in total. The fourth-order valence-electron chi connectivity index (χ4n) is 2.83. The number of piperidine rings is 1. The maximum absolute atomic E-state index is 12.9. The van der Waals surface area contributed by atoms with Gasteiger partial charge < -0.3 is 14.1 Å². The lowest BCUT2D eigenvalue weighted by molar-refractivity contribution is -0.153. The fourth-order valence-corrected chi connectivity index (χ4v) is 2.83. The van der Waals surface area contributed by atoms with E-state index in [4.69, 9.17) is 9.15 Å². The molecule has 2 aromatic rings. The van der Waals surface area contributed by atoms with Gasteiger partial charge in [-0.1, -0.05) is 0 Å². The van der Waals surface area contributed by atoms with Crippen molar-refractivity contribution in [2.45, 2.75) is 26.4 Å². The van der Waals surface area contributed by atoms with E-state index in [2.05, 4.69) is 4.98 Å². The predicted molar refractivity (Wildman–Crippen MR) is 86.7 cm³/mol. The standard InChI is InChI=1S/C18H19FN2O4/c1-12(22)21-8-2-3-14(10-21)18(23)24-11-17-20-9-16(25-17)13-4-6-15(19)7-5-13/h4-7,9,14H,2-3,8,10-11H2,1H3. The van der Waals surface area contributed by atoms with Gasteiger partial charge in [0.15, 0.2) is 12.4 Å². The van der Waals surface area contributed by atoms with Gasteiger partial charge in [-0.3, -0.25) is 9.59 Å². The first-order chi connectivity index (χ1) is 12.0. The number of benzene rings is 1. The van der Waals surface area contributed by atoms with Gasteiger partial charge >= 0.3 is 5.97 Å². The number of ether oxygens (including phenoxy) is 1. The highest BCUT2D eigenvalue weighted by molar-refractivity contribution is 5.76. The third-order valence-corrected chi connectivity index (χ3v) is 4.22. The van der Waals surface area contributed by atoms with E-state index in [1.807, 2.05) is 0 Å². The summed E-state index contributed by atoms with van der Waals surface area (Å²) in [5.74, 6) is -0.284. The SMILES string of the molecule is CC(=O)N1CCCC(C(=O)OCc2ncc(-c3ccc(F)cc3)o2)C1. The second kappa shape index (κ2) is 7.46. The molecule has 1 aliphatic rings. The molecule has 0 radical (unpaired) electrons. The van der Waals surface area contributed by atoms with Crippen LogP contribution in [-0.2, 0) is 20.9 Å². The Hall–Kier alpha value is -2.70. The van der Waals surface area contributed by atoms with Crippen LogP contribution in [0.3, 0.4) is 0 Å². The van der Waals surface area contributed by atoms with Crippen LogP contribution in [-0.4, -0.2) is 34.8 Å². The second-order valence-electron chi connectivity index (χ2n) is 6.04. The van der Waals surface area contributed by atoms with E-state index in [0.717, 1.165) is 6.42 Å². The van der Waals surface area contributed by atoms with E-state index >= 15 is 0 Å². The van der Waals surface area contributed by atoms with Crippen LogP contribution in [0.5, 0.6) is 0 Å². The highest BCUT2D eigenvalue weighted by atomic mass is 19.1. The Morgan fingerprint density at radius 3 is 2.84 bits per heavy atom. The summed E-state index contributed by atoms with van der Waals surface area (Å²) in [5, 5.41) is 0. The molecule has 0 saturated carbocycles. The molecule has 2 heterocycles. The fraction of sp³-hybridized carbons (Fsp3) is 0.389. The zero-order chi connectivity index (χ0) is 17.8. The number of carbonyl (C=O) groups excluding carboxylic acids is 2. The number of nitrogens with zero attached hydrogens (tertiary/aromatic N) is 2. The molecule has 3 rings (SSSR count). The Labute approximate surface area is 144 Å². The highest BCUT2D eigenvalue weighted by Crippen LogP contribution is 2.22. The molecule has 1 saturated heterocycles. The molecule has 1 aromatic carbocycles. The molecule has 0 aliphatic carbocycles. The second-order valence-corrected chi connectivity index (χ2v) is 6.04. The van der Waals surface area contributed by atoms with Crippen LogP contribution < -0.4 is 0 Å². The van der Waals surface area contributed by atoms with Crippen molar-refractivity contribution in [1.29, 1.82) is 0 Å². The minimum Gasteiger partial charge on any atom is -0.455 e. The summed E-state index contributed by atoms with van der Waals surface area (Å²) in [5.41, 5.74) is 0.691. The molecule has 1 atom stereocenters. The number of likely N-dealkylation sites (tertiary alicyclic amines) is 1. The number of oxazole rings is 1. The zero-order valence-corrected chi connectivity index (χ0v) is 13.9. The molecular formula is C18H19FN2O4. The van der Waals surface area contributed by atoms with E-state index in [9.17, 15) is 14.0 Å². The van der Waals surface area contributed by atoms with Crippen LogP contribution in [0.2, 0.25) is 0 Å². The Morgan fingerprint density at radius 1 is 1.36 bits per heavy atom. The summed E-state index contributed by atoms with van der Waals surface area (Å²) in [7, 11) is 0. The first-order valence-corrected chi connectivity index (χ1v) is 8.15. The lowest BCUT2D eigenvalue weighted by atomic mass is 9.98. The molecule has 1 aromatic heterocycles. The minimum atomic E-state index is -0.354. The number of esters is 1. The number of amides is 1. The third kappa shape index (κ3) is 4.23. The Morgan fingerprint density at radius 2 is 2.12 bits per heavy atom. The number of halogens is 1. The van der Waals surface area contributed by atoms with Crippen molar-refractivity contribution >= 4 is 11.9 Å². The first-order valence-electron chi connectivity index (χ1n) is 8.15. The topological polar surface area (TPSA) is 72.6 Å². The van der Waals surface area contributed by atoms with Gasteiger partial charge in [0.1, 0.15) is 5.82 Å². The molecule has 132 valence electrons. The number of carbonyl (C=O) groups is 2. The number of rotatable bonds is 4. The van der Waals surface area contributed by atoms with Gasteiger partial charge in [-0.05, 0) is 37.1 Å². The third-order valence-electron chi connectivity index (χ3n) is 4.22. The van der Waals surface area contributed by atoms with Gasteiger partial charge in [-0.25, -0.2) is 9.37 Å². The van der Waals surface area contributed by atoms with Gasteiger partial charge in [0.05, 0.1) is 12.1 Å². The van der Waals surface area contributed by atoms with Crippen LogP contribution in [0.15, 0.2) is 34.9 Å². The van der Waals surface area contributed by atoms with Crippen molar-refractivity contribution in [3.63, 3.8) is 0 Å². The number of aromatic nitrogens is 1. The zero-order valence-electron chi connectivity index (χ0n) is 13.9. The van der Waals surface area contributed by atoms with Crippen molar-refractivity contribution in [2.75, 3.05) is 13.1 Å². The molecule has 1 aliphatic heterocycles. The lowest BCUT2D eigenvalue weighted by Gasteiger charge is -2.30. The largest absolute Gasteiger partial charge is 0.455 e. The number of hydrogen-bond donors (Lipinski definition) is 0.